The molecule has 0 spiro atoms. The molecular weight excluding hydrogens is 270 g/mol. The van der Waals surface area contributed by atoms with Crippen molar-refractivity contribution >= 4 is 41.2 Å². The Hall–Kier alpha value is -0.780. The van der Waals surface area contributed by atoms with Crippen molar-refractivity contribution in [3.8, 4) is 0 Å². The van der Waals surface area contributed by atoms with Crippen LogP contribution in [0.3, 0.4) is 0 Å². The first kappa shape index (κ1) is 12.7. The molecule has 0 saturated heterocycles. The molecule has 17 heavy (non-hydrogen) atoms. The number of hydrogen-bond donors (Lipinski definition) is 2. The molecule has 0 saturated carbocycles. The lowest BCUT2D eigenvalue weighted by atomic mass is 10.2. The Morgan fingerprint density at radius 2 is 2.24 bits per heavy atom. The summed E-state index contributed by atoms with van der Waals surface area (Å²) >= 11 is 7.32. The number of carbonyl (C=O) groups excluding carboxylic acids is 1. The highest BCUT2D eigenvalue weighted by Gasteiger charge is 2.13. The van der Waals surface area contributed by atoms with Gasteiger partial charge in [0.15, 0.2) is 0 Å². The van der Waals surface area contributed by atoms with Gasteiger partial charge in [0.2, 0.25) is 0 Å². The van der Waals surface area contributed by atoms with Crippen molar-refractivity contribution in [2.45, 2.75) is 24.8 Å². The fourth-order valence-electron chi connectivity index (χ4n) is 1.47. The van der Waals surface area contributed by atoms with Gasteiger partial charge in [-0.25, -0.2) is 0 Å². The van der Waals surface area contributed by atoms with Crippen LogP contribution in [0.1, 0.15) is 32.4 Å². The molecule has 0 aliphatic rings. The molecule has 1 N–H and O–H groups in total. The Bertz CT molecular complexity index is 529. The topological polar surface area (TPSA) is 29.1 Å². The maximum atomic E-state index is 11.9. The summed E-state index contributed by atoms with van der Waals surface area (Å²) < 4.78 is 0. The van der Waals surface area contributed by atoms with Gasteiger partial charge in [-0.3, -0.25) is 4.79 Å². The van der Waals surface area contributed by atoms with E-state index in [9.17, 15) is 4.79 Å². The molecule has 2 rings (SSSR count). The number of thiophene rings is 2. The largest absolute Gasteiger partial charge is 0.344 e. The molecule has 0 aliphatic carbocycles. The van der Waals surface area contributed by atoms with E-state index in [2.05, 4.69) is 37.0 Å². The Morgan fingerprint density at radius 3 is 2.76 bits per heavy atom. The van der Waals surface area contributed by atoms with E-state index >= 15 is 0 Å². The quantitative estimate of drug-likeness (QED) is 0.822. The van der Waals surface area contributed by atoms with Gasteiger partial charge >= 0.3 is 0 Å². The number of hydrogen-bond acceptors (Lipinski definition) is 4. The highest BCUT2D eigenvalue weighted by atomic mass is 32.1. The Kier molecular flexibility index (Phi) is 3.91. The van der Waals surface area contributed by atoms with Crippen molar-refractivity contribution in [2.24, 2.45) is 0 Å². The van der Waals surface area contributed by atoms with Crippen LogP contribution in [0.15, 0.2) is 28.5 Å². The molecule has 2 nitrogen and oxygen atoms in total. The van der Waals surface area contributed by atoms with Crippen molar-refractivity contribution < 1.29 is 4.79 Å². The molecule has 90 valence electrons. The van der Waals surface area contributed by atoms with Gasteiger partial charge in [-0.15, -0.1) is 35.3 Å². The Morgan fingerprint density at radius 1 is 1.47 bits per heavy atom. The fraction of sp³-hybridized carbons (Fsp3) is 0.250. The molecule has 0 radical (unpaired) electrons. The van der Waals surface area contributed by atoms with E-state index in [1.807, 2.05) is 12.3 Å². The van der Waals surface area contributed by atoms with Gasteiger partial charge in [0.1, 0.15) is 0 Å². The summed E-state index contributed by atoms with van der Waals surface area (Å²) in [5.74, 6) is -0.0335. The van der Waals surface area contributed by atoms with Crippen LogP contribution in [0, 0.1) is 6.92 Å². The second kappa shape index (κ2) is 5.25. The van der Waals surface area contributed by atoms with Gasteiger partial charge in [-0.05, 0) is 32.0 Å². The first-order chi connectivity index (χ1) is 8.06. The molecule has 5 heteroatoms. The van der Waals surface area contributed by atoms with Crippen LogP contribution < -0.4 is 5.32 Å². The summed E-state index contributed by atoms with van der Waals surface area (Å²) in [6, 6.07) is 5.96. The normalized spacial score (nSPS) is 12.4. The summed E-state index contributed by atoms with van der Waals surface area (Å²) in [7, 11) is 0. The standard InChI is InChI=1S/C12H13NOS3/c1-7-3-4-10(17-7)8(2)13-12(14)11-5-9(15)6-16-11/h3-6,8,15H,1-2H3,(H,13,14). The summed E-state index contributed by atoms with van der Waals surface area (Å²) in [6.07, 6.45) is 0. The van der Waals surface area contributed by atoms with E-state index in [1.165, 1.54) is 21.1 Å². The Labute approximate surface area is 114 Å². The molecule has 1 unspecified atom stereocenters. The molecule has 0 bridgehead atoms. The zero-order valence-electron chi connectivity index (χ0n) is 9.56. The van der Waals surface area contributed by atoms with E-state index in [0.717, 1.165) is 4.90 Å². The molecule has 2 aromatic heterocycles. The molecule has 1 amide bonds. The van der Waals surface area contributed by atoms with E-state index in [-0.39, 0.29) is 11.9 Å². The predicted molar refractivity (Wildman–Crippen MR) is 76.5 cm³/mol. The monoisotopic (exact) mass is 283 g/mol. The Balaban J connectivity index is 2.04. The van der Waals surface area contributed by atoms with Gasteiger partial charge in [-0.2, -0.15) is 0 Å². The second-order valence-corrected chi connectivity index (χ2v) is 6.56. The van der Waals surface area contributed by atoms with Gasteiger partial charge < -0.3 is 5.32 Å². The summed E-state index contributed by atoms with van der Waals surface area (Å²) in [6.45, 7) is 4.06. The van der Waals surface area contributed by atoms with Gasteiger partial charge in [0.25, 0.3) is 5.91 Å². The third kappa shape index (κ3) is 3.12. The molecule has 1 atom stereocenters. The van der Waals surface area contributed by atoms with E-state index in [1.54, 1.807) is 17.4 Å². The number of amides is 1. The number of aryl methyl sites for hydroxylation is 1. The van der Waals surface area contributed by atoms with Crippen molar-refractivity contribution in [3.05, 3.63) is 38.2 Å². The lowest BCUT2D eigenvalue weighted by molar-refractivity contribution is 0.0944. The van der Waals surface area contributed by atoms with Crippen LogP contribution in [0.25, 0.3) is 0 Å². The SMILES string of the molecule is Cc1ccc(C(C)NC(=O)c2cc(S)cs2)s1. The third-order valence-electron chi connectivity index (χ3n) is 2.34. The van der Waals surface area contributed by atoms with Crippen LogP contribution >= 0.6 is 35.3 Å². The lowest BCUT2D eigenvalue weighted by Gasteiger charge is -2.10. The third-order valence-corrected chi connectivity index (χ3v) is 4.89. The smallest absolute Gasteiger partial charge is 0.261 e. The molecule has 0 aliphatic heterocycles. The summed E-state index contributed by atoms with van der Waals surface area (Å²) in [4.78, 5) is 15.9. The molecule has 0 aromatic carbocycles. The van der Waals surface area contributed by atoms with Crippen molar-refractivity contribution in [3.63, 3.8) is 0 Å². The minimum absolute atomic E-state index is 0.0335. The average molecular weight is 283 g/mol. The molecular formula is C12H13NOS3. The van der Waals surface area contributed by atoms with E-state index in [4.69, 9.17) is 0 Å². The van der Waals surface area contributed by atoms with Crippen LogP contribution in [0.4, 0.5) is 0 Å². The lowest BCUT2D eigenvalue weighted by Crippen LogP contribution is -2.25. The average Bonchev–Trinajstić information content (AvgIpc) is 2.87. The summed E-state index contributed by atoms with van der Waals surface area (Å²) in [5.41, 5.74) is 0. The highest BCUT2D eigenvalue weighted by molar-refractivity contribution is 7.80. The minimum atomic E-state index is -0.0335. The van der Waals surface area contributed by atoms with Crippen LogP contribution in [-0.2, 0) is 0 Å². The zero-order valence-corrected chi connectivity index (χ0v) is 12.1. The summed E-state index contributed by atoms with van der Waals surface area (Å²) in [5, 5.41) is 4.85. The van der Waals surface area contributed by atoms with E-state index < -0.39 is 0 Å². The van der Waals surface area contributed by atoms with Crippen molar-refractivity contribution in [2.75, 3.05) is 0 Å². The maximum Gasteiger partial charge on any atom is 0.261 e. The first-order valence-electron chi connectivity index (χ1n) is 5.21. The predicted octanol–water partition coefficient (Wildman–Crippen LogP) is 3.90. The van der Waals surface area contributed by atoms with Gasteiger partial charge in [-0.1, -0.05) is 0 Å². The highest BCUT2D eigenvalue weighted by Crippen LogP contribution is 2.23. The number of nitrogens with one attached hydrogen (secondary N) is 1. The number of thiol groups is 1. The maximum absolute atomic E-state index is 11.9. The second-order valence-electron chi connectivity index (χ2n) is 3.81. The number of carbonyl (C=O) groups is 1. The first-order valence-corrected chi connectivity index (χ1v) is 7.35. The zero-order chi connectivity index (χ0) is 12.4. The molecule has 2 heterocycles. The van der Waals surface area contributed by atoms with Gasteiger partial charge in [0, 0.05) is 20.0 Å². The fourth-order valence-corrected chi connectivity index (χ4v) is 3.40. The molecule has 0 fully saturated rings. The minimum Gasteiger partial charge on any atom is -0.344 e. The van der Waals surface area contributed by atoms with Crippen molar-refractivity contribution in [1.29, 1.82) is 0 Å². The van der Waals surface area contributed by atoms with Crippen LogP contribution in [0.2, 0.25) is 0 Å². The van der Waals surface area contributed by atoms with Crippen molar-refractivity contribution in [1.82, 2.24) is 5.32 Å². The van der Waals surface area contributed by atoms with Crippen LogP contribution in [-0.4, -0.2) is 5.91 Å². The van der Waals surface area contributed by atoms with E-state index in [0.29, 0.717) is 4.88 Å². The molecule has 2 aromatic rings. The van der Waals surface area contributed by atoms with Gasteiger partial charge in [0.05, 0.1) is 10.9 Å². The van der Waals surface area contributed by atoms with Crippen LogP contribution in [0.5, 0.6) is 0 Å². The number of rotatable bonds is 3.